The van der Waals surface area contributed by atoms with Crippen LogP contribution in [0.25, 0.3) is 11.1 Å². The van der Waals surface area contributed by atoms with E-state index in [2.05, 4.69) is 22.5 Å². The SMILES string of the molecule is CC(C)Oc1cccc(-c2csc([C@]3(C)CC(=O)N(C)C(N)=N3)c2)c1. The number of carbonyl (C=O) groups is 1. The number of aliphatic imine (C=N–C) groups is 1. The van der Waals surface area contributed by atoms with E-state index in [9.17, 15) is 4.79 Å². The van der Waals surface area contributed by atoms with Gasteiger partial charge in [0.2, 0.25) is 5.91 Å². The molecule has 1 amide bonds. The van der Waals surface area contributed by atoms with Crippen LogP contribution < -0.4 is 10.5 Å². The molecule has 5 nitrogen and oxygen atoms in total. The monoisotopic (exact) mass is 357 g/mol. The van der Waals surface area contributed by atoms with E-state index >= 15 is 0 Å². The molecule has 0 unspecified atom stereocenters. The minimum Gasteiger partial charge on any atom is -0.491 e. The fraction of sp³-hybridized carbons (Fsp3) is 0.368. The van der Waals surface area contributed by atoms with Gasteiger partial charge in [0.05, 0.1) is 12.5 Å². The van der Waals surface area contributed by atoms with E-state index in [0.29, 0.717) is 6.42 Å². The summed E-state index contributed by atoms with van der Waals surface area (Å²) >= 11 is 1.60. The van der Waals surface area contributed by atoms with Gasteiger partial charge in [-0.25, -0.2) is 4.99 Å². The molecule has 0 aliphatic carbocycles. The van der Waals surface area contributed by atoms with E-state index in [0.717, 1.165) is 21.8 Å². The summed E-state index contributed by atoms with van der Waals surface area (Å²) < 4.78 is 5.77. The summed E-state index contributed by atoms with van der Waals surface area (Å²) in [5.74, 6) is 1.10. The van der Waals surface area contributed by atoms with Crippen molar-refractivity contribution in [2.24, 2.45) is 10.7 Å². The zero-order valence-electron chi connectivity index (χ0n) is 14.9. The second-order valence-corrected chi connectivity index (χ2v) is 7.68. The Labute approximate surface area is 152 Å². The Kier molecular flexibility index (Phi) is 4.56. The molecule has 1 aliphatic rings. The summed E-state index contributed by atoms with van der Waals surface area (Å²) in [5, 5.41) is 2.09. The van der Waals surface area contributed by atoms with E-state index in [1.165, 1.54) is 4.90 Å². The van der Waals surface area contributed by atoms with Gasteiger partial charge in [-0.2, -0.15) is 0 Å². The Morgan fingerprint density at radius 2 is 2.08 bits per heavy atom. The smallest absolute Gasteiger partial charge is 0.231 e. The Bertz CT molecular complexity index is 828. The molecule has 0 bridgehead atoms. The number of hydrogen-bond acceptors (Lipinski definition) is 5. The van der Waals surface area contributed by atoms with Crippen molar-refractivity contribution >= 4 is 23.2 Å². The first-order valence-electron chi connectivity index (χ1n) is 8.26. The Balaban J connectivity index is 1.92. The van der Waals surface area contributed by atoms with Crippen molar-refractivity contribution in [3.05, 3.63) is 40.6 Å². The molecule has 6 heteroatoms. The van der Waals surface area contributed by atoms with Crippen LogP contribution in [0.4, 0.5) is 0 Å². The van der Waals surface area contributed by atoms with Crippen LogP contribution in [0.2, 0.25) is 0 Å². The molecule has 25 heavy (non-hydrogen) atoms. The molecule has 2 N–H and O–H groups in total. The van der Waals surface area contributed by atoms with Crippen molar-refractivity contribution in [1.82, 2.24) is 4.90 Å². The summed E-state index contributed by atoms with van der Waals surface area (Å²) in [6, 6.07) is 10.1. The van der Waals surface area contributed by atoms with Gasteiger partial charge in [0.15, 0.2) is 5.96 Å². The molecular formula is C19H23N3O2S. The zero-order chi connectivity index (χ0) is 18.2. The standard InChI is InChI=1S/C19H23N3O2S/c1-12(2)24-15-7-5-6-13(8-15)14-9-16(25-11-14)19(3)10-17(23)22(4)18(20)21-19/h5-9,11-12H,10H2,1-4H3,(H2,20,21)/t19-/m0/s1. The van der Waals surface area contributed by atoms with Gasteiger partial charge < -0.3 is 10.5 Å². The maximum atomic E-state index is 12.2. The zero-order valence-corrected chi connectivity index (χ0v) is 15.8. The van der Waals surface area contributed by atoms with E-state index in [1.807, 2.05) is 39.0 Å². The second-order valence-electron chi connectivity index (χ2n) is 6.77. The van der Waals surface area contributed by atoms with Gasteiger partial charge in [0.1, 0.15) is 11.3 Å². The number of thiophene rings is 1. The number of benzene rings is 1. The lowest BCUT2D eigenvalue weighted by Gasteiger charge is -2.32. The van der Waals surface area contributed by atoms with Gasteiger partial charge >= 0.3 is 0 Å². The van der Waals surface area contributed by atoms with Crippen molar-refractivity contribution < 1.29 is 9.53 Å². The van der Waals surface area contributed by atoms with Crippen LogP contribution in [-0.2, 0) is 10.3 Å². The highest BCUT2D eigenvalue weighted by Crippen LogP contribution is 2.39. The Morgan fingerprint density at radius 1 is 1.32 bits per heavy atom. The maximum absolute atomic E-state index is 12.2. The lowest BCUT2D eigenvalue weighted by atomic mass is 9.93. The molecular weight excluding hydrogens is 334 g/mol. The topological polar surface area (TPSA) is 67.9 Å². The lowest BCUT2D eigenvalue weighted by Crippen LogP contribution is -2.47. The molecule has 3 rings (SSSR count). The van der Waals surface area contributed by atoms with E-state index in [1.54, 1.807) is 18.4 Å². The van der Waals surface area contributed by atoms with Crippen LogP contribution >= 0.6 is 11.3 Å². The summed E-state index contributed by atoms with van der Waals surface area (Å²) in [4.78, 5) is 19.2. The summed E-state index contributed by atoms with van der Waals surface area (Å²) in [7, 11) is 1.65. The minimum absolute atomic E-state index is 0.0164. The minimum atomic E-state index is -0.608. The first kappa shape index (κ1) is 17.5. The first-order chi connectivity index (χ1) is 11.8. The summed E-state index contributed by atoms with van der Waals surface area (Å²) in [6.07, 6.45) is 0.454. The highest BCUT2D eigenvalue weighted by Gasteiger charge is 2.37. The fourth-order valence-corrected chi connectivity index (χ4v) is 3.87. The van der Waals surface area contributed by atoms with Crippen LogP contribution in [0.5, 0.6) is 5.75 Å². The van der Waals surface area contributed by atoms with Crippen molar-refractivity contribution in [1.29, 1.82) is 0 Å². The number of hydrogen-bond donors (Lipinski definition) is 1. The molecule has 0 spiro atoms. The van der Waals surface area contributed by atoms with Crippen LogP contribution in [0, 0.1) is 0 Å². The van der Waals surface area contributed by atoms with E-state index in [4.69, 9.17) is 10.5 Å². The molecule has 0 radical (unpaired) electrons. The van der Waals surface area contributed by atoms with Crippen molar-refractivity contribution in [3.63, 3.8) is 0 Å². The number of ether oxygens (including phenoxy) is 1. The highest BCUT2D eigenvalue weighted by atomic mass is 32.1. The summed E-state index contributed by atoms with van der Waals surface area (Å²) in [6.45, 7) is 5.98. The molecule has 2 heterocycles. The average Bonchev–Trinajstić information content (AvgIpc) is 3.03. The third kappa shape index (κ3) is 3.54. The second kappa shape index (κ2) is 6.52. The van der Waals surface area contributed by atoms with Gasteiger partial charge in [0.25, 0.3) is 0 Å². The molecule has 0 fully saturated rings. The highest BCUT2D eigenvalue weighted by molar-refractivity contribution is 7.10. The maximum Gasteiger partial charge on any atom is 0.231 e. The Hall–Kier alpha value is -2.34. The van der Waals surface area contributed by atoms with Crippen molar-refractivity contribution in [2.45, 2.75) is 38.8 Å². The third-order valence-electron chi connectivity index (χ3n) is 4.24. The van der Waals surface area contributed by atoms with Crippen molar-refractivity contribution in [3.8, 4) is 16.9 Å². The van der Waals surface area contributed by atoms with Crippen LogP contribution in [0.1, 0.15) is 32.1 Å². The van der Waals surface area contributed by atoms with Crippen LogP contribution in [-0.4, -0.2) is 29.9 Å². The predicted molar refractivity (Wildman–Crippen MR) is 102 cm³/mol. The molecule has 0 saturated heterocycles. The molecule has 1 aromatic carbocycles. The molecule has 1 aliphatic heterocycles. The number of amides is 1. The van der Waals surface area contributed by atoms with Crippen LogP contribution in [0.3, 0.4) is 0 Å². The molecule has 1 aromatic heterocycles. The van der Waals surface area contributed by atoms with Gasteiger partial charge in [-0.05, 0) is 55.5 Å². The molecule has 132 valence electrons. The quantitative estimate of drug-likeness (QED) is 0.909. The predicted octanol–water partition coefficient (Wildman–Crippen LogP) is 3.59. The van der Waals surface area contributed by atoms with Crippen molar-refractivity contribution in [2.75, 3.05) is 7.05 Å². The largest absolute Gasteiger partial charge is 0.491 e. The fourth-order valence-electron chi connectivity index (χ4n) is 2.84. The number of guanidine groups is 1. The number of nitrogens with zero attached hydrogens (tertiary/aromatic N) is 2. The average molecular weight is 357 g/mol. The number of nitrogens with two attached hydrogens (primary N) is 1. The van der Waals surface area contributed by atoms with E-state index < -0.39 is 5.54 Å². The lowest BCUT2D eigenvalue weighted by molar-refractivity contribution is -0.128. The van der Waals surface area contributed by atoms with Gasteiger partial charge in [-0.3, -0.25) is 9.69 Å². The van der Waals surface area contributed by atoms with Gasteiger partial charge in [0, 0.05) is 11.9 Å². The number of rotatable bonds is 4. The third-order valence-corrected chi connectivity index (χ3v) is 5.43. The Morgan fingerprint density at radius 3 is 2.76 bits per heavy atom. The normalized spacial score (nSPS) is 20.8. The summed E-state index contributed by atoms with van der Waals surface area (Å²) in [5.41, 5.74) is 7.48. The molecule has 2 aromatic rings. The first-order valence-corrected chi connectivity index (χ1v) is 9.14. The van der Waals surface area contributed by atoms with Gasteiger partial charge in [-0.15, -0.1) is 11.3 Å². The van der Waals surface area contributed by atoms with Crippen LogP contribution in [0.15, 0.2) is 40.7 Å². The molecule has 0 saturated carbocycles. The molecule has 1 atom stereocenters. The van der Waals surface area contributed by atoms with Gasteiger partial charge in [-0.1, -0.05) is 12.1 Å². The number of carbonyl (C=O) groups excluding carboxylic acids is 1. The van der Waals surface area contributed by atoms with E-state index in [-0.39, 0.29) is 18.0 Å².